The van der Waals surface area contributed by atoms with E-state index in [2.05, 4.69) is 191 Å². The highest BCUT2D eigenvalue weighted by molar-refractivity contribution is 6.13. The van der Waals surface area contributed by atoms with Gasteiger partial charge in [0.05, 0.1) is 22.1 Å². The number of fused-ring (bicyclic) bond motifs is 10. The Morgan fingerprint density at radius 1 is 0.309 bits per heavy atom. The monoisotopic (exact) mass is 700 g/mol. The first-order valence-electron chi connectivity index (χ1n) is 18.8. The van der Waals surface area contributed by atoms with Crippen molar-refractivity contribution in [2.24, 2.45) is 0 Å². The predicted octanol–water partition coefficient (Wildman–Crippen LogP) is 14.3. The van der Waals surface area contributed by atoms with Gasteiger partial charge in [0.1, 0.15) is 11.2 Å². The van der Waals surface area contributed by atoms with E-state index in [0.717, 1.165) is 38.8 Å². The number of aromatic nitrogens is 2. The molecule has 0 aliphatic heterocycles. The third-order valence-corrected chi connectivity index (χ3v) is 11.5. The van der Waals surface area contributed by atoms with Crippen LogP contribution in [-0.2, 0) is 0 Å². The van der Waals surface area contributed by atoms with Gasteiger partial charge in [-0.25, -0.2) is 0 Å². The van der Waals surface area contributed by atoms with Crippen LogP contribution < -0.4 is 0 Å². The Balaban J connectivity index is 0.972. The van der Waals surface area contributed by atoms with Crippen LogP contribution in [0.5, 0.6) is 0 Å². The van der Waals surface area contributed by atoms with Crippen molar-refractivity contribution in [3.63, 3.8) is 0 Å². The van der Waals surface area contributed by atoms with E-state index >= 15 is 0 Å². The van der Waals surface area contributed by atoms with Crippen molar-refractivity contribution in [1.82, 2.24) is 9.13 Å². The zero-order valence-corrected chi connectivity index (χ0v) is 29.8. The van der Waals surface area contributed by atoms with Gasteiger partial charge in [-0.3, -0.25) is 0 Å². The van der Waals surface area contributed by atoms with E-state index in [1.165, 1.54) is 71.2 Å². The highest BCUT2D eigenvalue weighted by Gasteiger charge is 2.17. The molecular weight excluding hydrogens is 669 g/mol. The third-order valence-electron chi connectivity index (χ3n) is 11.5. The number of benzene rings is 9. The lowest BCUT2D eigenvalue weighted by atomic mass is 9.99. The van der Waals surface area contributed by atoms with Crippen molar-refractivity contribution in [2.45, 2.75) is 0 Å². The van der Waals surface area contributed by atoms with Crippen LogP contribution in [0, 0.1) is 0 Å². The molecule has 0 fully saturated rings. The molecule has 9 aromatic carbocycles. The summed E-state index contributed by atoms with van der Waals surface area (Å²) in [6.45, 7) is 0. The second kappa shape index (κ2) is 11.6. The second-order valence-electron chi connectivity index (χ2n) is 14.5. The van der Waals surface area contributed by atoms with Gasteiger partial charge in [0.2, 0.25) is 0 Å². The minimum absolute atomic E-state index is 0.918. The number of hydrogen-bond donors (Lipinski definition) is 0. The molecule has 0 saturated heterocycles. The van der Waals surface area contributed by atoms with Crippen molar-refractivity contribution in [3.05, 3.63) is 194 Å². The Labute approximate surface area is 316 Å². The topological polar surface area (TPSA) is 23.0 Å². The normalized spacial score (nSPS) is 12.0. The number of para-hydroxylation sites is 5. The van der Waals surface area contributed by atoms with Crippen molar-refractivity contribution in [3.8, 4) is 33.6 Å². The van der Waals surface area contributed by atoms with Gasteiger partial charge in [-0.15, -0.1) is 0 Å². The van der Waals surface area contributed by atoms with Gasteiger partial charge >= 0.3 is 0 Å². The maximum absolute atomic E-state index is 6.39. The van der Waals surface area contributed by atoms with Crippen LogP contribution in [0.25, 0.3) is 110 Å². The molecule has 55 heavy (non-hydrogen) atoms. The molecule has 0 unspecified atom stereocenters. The molecule has 3 heterocycles. The van der Waals surface area contributed by atoms with E-state index in [9.17, 15) is 0 Å². The SMILES string of the molecule is c1ccc(-n2c3ccccc3c3cc(-c4ccc5c(c4)c4ccccc4n5-c4ccc5cc(-c6cccc7c6oc6ccccc67)ccc5c4)ccc32)cc1. The summed E-state index contributed by atoms with van der Waals surface area (Å²) >= 11 is 0. The number of hydrogen-bond acceptors (Lipinski definition) is 1. The van der Waals surface area contributed by atoms with E-state index in [4.69, 9.17) is 4.42 Å². The molecule has 0 bridgehead atoms. The molecule has 12 aromatic rings. The Hall–Kier alpha value is -7.36. The molecular formula is C52H32N2O. The van der Waals surface area contributed by atoms with Crippen molar-refractivity contribution >= 4 is 76.3 Å². The van der Waals surface area contributed by atoms with E-state index in [1.807, 2.05) is 12.1 Å². The molecule has 3 heteroatoms. The fourth-order valence-corrected chi connectivity index (χ4v) is 8.95. The summed E-state index contributed by atoms with van der Waals surface area (Å²) < 4.78 is 11.2. The summed E-state index contributed by atoms with van der Waals surface area (Å²) in [6, 6.07) is 70.3. The predicted molar refractivity (Wildman–Crippen MR) is 231 cm³/mol. The largest absolute Gasteiger partial charge is 0.455 e. The van der Waals surface area contributed by atoms with Gasteiger partial charge < -0.3 is 13.6 Å². The molecule has 0 aliphatic carbocycles. The summed E-state index contributed by atoms with van der Waals surface area (Å²) in [5.74, 6) is 0. The van der Waals surface area contributed by atoms with E-state index < -0.39 is 0 Å². The summed E-state index contributed by atoms with van der Waals surface area (Å²) in [6.07, 6.45) is 0. The number of furan rings is 1. The minimum atomic E-state index is 0.918. The Bertz CT molecular complexity index is 3490. The molecule has 0 spiro atoms. The average Bonchev–Trinajstić information content (AvgIpc) is 3.91. The van der Waals surface area contributed by atoms with Crippen LogP contribution in [0.2, 0.25) is 0 Å². The summed E-state index contributed by atoms with van der Waals surface area (Å²) in [5.41, 5.74) is 13.7. The van der Waals surface area contributed by atoms with Crippen LogP contribution >= 0.6 is 0 Å². The van der Waals surface area contributed by atoms with Crippen molar-refractivity contribution in [1.29, 1.82) is 0 Å². The van der Waals surface area contributed by atoms with Crippen LogP contribution in [0.3, 0.4) is 0 Å². The third kappa shape index (κ3) is 4.50. The molecule has 256 valence electrons. The second-order valence-corrected chi connectivity index (χ2v) is 14.5. The lowest BCUT2D eigenvalue weighted by Crippen LogP contribution is -1.94. The van der Waals surface area contributed by atoms with Crippen molar-refractivity contribution in [2.75, 3.05) is 0 Å². The average molecular weight is 701 g/mol. The molecule has 0 amide bonds. The minimum Gasteiger partial charge on any atom is -0.455 e. The van der Waals surface area contributed by atoms with Crippen LogP contribution in [0.15, 0.2) is 199 Å². The molecule has 0 N–H and O–H groups in total. The smallest absolute Gasteiger partial charge is 0.143 e. The van der Waals surface area contributed by atoms with E-state index in [-0.39, 0.29) is 0 Å². The molecule has 0 atom stereocenters. The fourth-order valence-electron chi connectivity index (χ4n) is 8.95. The standard InChI is InChI=1S/C52H32N2O/c1-2-11-38(12-3-1)53-47-18-7-4-13-41(47)45-31-35(24-27-49(45)53)36-25-28-50-46(32-36)42-14-5-8-19-48(42)54(50)39-26-23-33-29-37(22-21-34(33)30-39)40-16-10-17-44-43-15-6-9-20-51(43)55-52(40)44/h1-32H. The van der Waals surface area contributed by atoms with E-state index in [0.29, 0.717) is 0 Å². The number of rotatable bonds is 4. The maximum atomic E-state index is 6.39. The molecule has 0 aliphatic rings. The molecule has 3 nitrogen and oxygen atoms in total. The van der Waals surface area contributed by atoms with E-state index in [1.54, 1.807) is 0 Å². The van der Waals surface area contributed by atoms with Gasteiger partial charge in [-0.05, 0) is 100 Å². The lowest BCUT2D eigenvalue weighted by molar-refractivity contribution is 0.670. The highest BCUT2D eigenvalue weighted by Crippen LogP contribution is 2.40. The first kappa shape index (κ1) is 30.1. The molecule has 12 rings (SSSR count). The Morgan fingerprint density at radius 2 is 0.855 bits per heavy atom. The molecule has 0 radical (unpaired) electrons. The van der Waals surface area contributed by atoms with Crippen LogP contribution in [0.4, 0.5) is 0 Å². The quantitative estimate of drug-likeness (QED) is 0.179. The van der Waals surface area contributed by atoms with Gasteiger partial charge in [-0.1, -0.05) is 121 Å². The Kier molecular flexibility index (Phi) is 6.34. The highest BCUT2D eigenvalue weighted by atomic mass is 16.3. The first-order chi connectivity index (χ1) is 27.3. The fraction of sp³-hybridized carbons (Fsp3) is 0. The van der Waals surface area contributed by atoms with Gasteiger partial charge in [-0.2, -0.15) is 0 Å². The van der Waals surface area contributed by atoms with Gasteiger partial charge in [0.25, 0.3) is 0 Å². The zero-order valence-electron chi connectivity index (χ0n) is 29.8. The van der Waals surface area contributed by atoms with Gasteiger partial charge in [0.15, 0.2) is 0 Å². The summed E-state index contributed by atoms with van der Waals surface area (Å²) in [5, 5.41) is 9.70. The summed E-state index contributed by atoms with van der Waals surface area (Å²) in [4.78, 5) is 0. The maximum Gasteiger partial charge on any atom is 0.143 e. The first-order valence-corrected chi connectivity index (χ1v) is 18.8. The van der Waals surface area contributed by atoms with Gasteiger partial charge in [0, 0.05) is 49.3 Å². The van der Waals surface area contributed by atoms with Crippen LogP contribution in [-0.4, -0.2) is 9.13 Å². The molecule has 3 aromatic heterocycles. The lowest BCUT2D eigenvalue weighted by Gasteiger charge is -2.11. The zero-order chi connectivity index (χ0) is 36.0. The van der Waals surface area contributed by atoms with Crippen LogP contribution in [0.1, 0.15) is 0 Å². The molecule has 0 saturated carbocycles. The summed E-state index contributed by atoms with van der Waals surface area (Å²) in [7, 11) is 0. The number of nitrogens with zero attached hydrogens (tertiary/aromatic N) is 2. The Morgan fingerprint density at radius 3 is 1.58 bits per heavy atom. The van der Waals surface area contributed by atoms with Crippen molar-refractivity contribution < 1.29 is 4.42 Å².